The number of ether oxygens (including phenoxy) is 2. The van der Waals surface area contributed by atoms with E-state index in [-0.39, 0.29) is 47.8 Å². The average molecular weight is 642 g/mol. The number of anilines is 2. The lowest BCUT2D eigenvalue weighted by atomic mass is 9.96. The molecular formula is C29H30F7N7O2. The van der Waals surface area contributed by atoms with Crippen LogP contribution in [-0.4, -0.2) is 82.8 Å². The zero-order chi connectivity index (χ0) is 32.2. The fourth-order valence-corrected chi connectivity index (χ4v) is 7.32. The van der Waals surface area contributed by atoms with Gasteiger partial charge in [0.25, 0.3) is 5.92 Å². The van der Waals surface area contributed by atoms with Crippen LogP contribution in [0.4, 0.5) is 42.2 Å². The summed E-state index contributed by atoms with van der Waals surface area (Å²) in [4.78, 5) is 16.5. The molecule has 242 valence electrons. The second kappa shape index (κ2) is 10.2. The summed E-state index contributed by atoms with van der Waals surface area (Å²) in [6, 6.07) is -0.579. The summed E-state index contributed by atoms with van der Waals surface area (Å²) in [5.41, 5.74) is 0.814. The van der Waals surface area contributed by atoms with Crippen molar-refractivity contribution in [3.05, 3.63) is 28.8 Å². The lowest BCUT2D eigenvalue weighted by Gasteiger charge is -2.42. The first-order valence-corrected chi connectivity index (χ1v) is 14.6. The molecule has 7 rings (SSSR count). The van der Waals surface area contributed by atoms with Gasteiger partial charge in [0.2, 0.25) is 5.88 Å². The lowest BCUT2D eigenvalue weighted by molar-refractivity contribution is -0.137. The first kappa shape index (κ1) is 30.0. The minimum absolute atomic E-state index is 0.0301. The Balaban J connectivity index is 1.43. The van der Waals surface area contributed by atoms with Gasteiger partial charge in [0.05, 0.1) is 23.8 Å². The molecule has 2 bridgehead atoms. The number of hydrogen-bond acceptors (Lipinski definition) is 9. The molecule has 3 N–H and O–H groups in total. The number of pyridine rings is 1. The molecule has 0 unspecified atom stereocenters. The minimum Gasteiger partial charge on any atom is -0.472 e. The molecule has 6 heterocycles. The van der Waals surface area contributed by atoms with Gasteiger partial charge in [0.15, 0.2) is 5.82 Å². The zero-order valence-electron chi connectivity index (χ0n) is 24.5. The van der Waals surface area contributed by atoms with Gasteiger partial charge in [-0.15, -0.1) is 0 Å². The maximum Gasteiger partial charge on any atom is 0.417 e. The molecule has 0 aliphatic carbocycles. The number of nitrogens with two attached hydrogens (primary N) is 1. The molecular weight excluding hydrogens is 611 g/mol. The molecule has 3 aromatic rings. The predicted molar refractivity (Wildman–Crippen MR) is 149 cm³/mol. The molecule has 4 aliphatic heterocycles. The van der Waals surface area contributed by atoms with E-state index in [9.17, 15) is 26.3 Å². The summed E-state index contributed by atoms with van der Waals surface area (Å²) in [5, 5.41) is 3.58. The summed E-state index contributed by atoms with van der Waals surface area (Å²) < 4.78 is 114. The Bertz CT molecular complexity index is 1700. The third-order valence-corrected chi connectivity index (χ3v) is 9.34. The van der Waals surface area contributed by atoms with Gasteiger partial charge >= 0.3 is 12.2 Å². The number of nitrogen functional groups attached to an aromatic ring is 1. The van der Waals surface area contributed by atoms with Crippen LogP contribution in [0, 0.1) is 18.6 Å². The van der Waals surface area contributed by atoms with Crippen LogP contribution in [0.5, 0.6) is 11.9 Å². The van der Waals surface area contributed by atoms with Crippen LogP contribution in [0.3, 0.4) is 0 Å². The van der Waals surface area contributed by atoms with Crippen molar-refractivity contribution in [3.63, 3.8) is 0 Å². The number of alkyl halides is 5. The Morgan fingerprint density at radius 3 is 2.60 bits per heavy atom. The number of nitrogens with zero attached hydrogens (tertiary/aromatic N) is 5. The van der Waals surface area contributed by atoms with Crippen LogP contribution < -0.4 is 25.4 Å². The van der Waals surface area contributed by atoms with Crippen molar-refractivity contribution in [2.24, 2.45) is 0 Å². The third-order valence-electron chi connectivity index (χ3n) is 9.34. The van der Waals surface area contributed by atoms with Crippen LogP contribution in [0.1, 0.15) is 37.3 Å². The molecule has 1 aromatic carbocycles. The molecule has 4 aliphatic rings. The van der Waals surface area contributed by atoms with E-state index >= 15 is 4.39 Å². The van der Waals surface area contributed by atoms with E-state index in [0.29, 0.717) is 12.6 Å². The number of rotatable bonds is 4. The molecule has 9 nitrogen and oxygen atoms in total. The van der Waals surface area contributed by atoms with Crippen molar-refractivity contribution in [3.8, 4) is 23.1 Å². The highest BCUT2D eigenvalue weighted by atomic mass is 19.4. The first-order chi connectivity index (χ1) is 21.1. The van der Waals surface area contributed by atoms with Crippen molar-refractivity contribution in [2.45, 2.75) is 75.5 Å². The van der Waals surface area contributed by atoms with Gasteiger partial charge in [-0.1, -0.05) is 0 Å². The normalized spacial score (nSPS) is 27.4. The summed E-state index contributed by atoms with van der Waals surface area (Å²) in [6.07, 6.45) is -4.42. The van der Waals surface area contributed by atoms with E-state index in [1.54, 1.807) is 6.92 Å². The van der Waals surface area contributed by atoms with Crippen molar-refractivity contribution >= 4 is 22.4 Å². The number of halogens is 7. The second-order valence-electron chi connectivity index (χ2n) is 12.4. The van der Waals surface area contributed by atoms with Crippen molar-refractivity contribution < 1.29 is 40.2 Å². The summed E-state index contributed by atoms with van der Waals surface area (Å²) in [5.74, 6) is -5.44. The quantitative estimate of drug-likeness (QED) is 0.311. The van der Waals surface area contributed by atoms with Gasteiger partial charge in [-0.05, 0) is 45.4 Å². The molecule has 0 amide bonds. The molecule has 5 atom stereocenters. The molecule has 0 spiro atoms. The summed E-state index contributed by atoms with van der Waals surface area (Å²) >= 11 is 0. The summed E-state index contributed by atoms with van der Waals surface area (Å²) in [7, 11) is 1.53. The molecule has 45 heavy (non-hydrogen) atoms. The van der Waals surface area contributed by atoms with Crippen LogP contribution in [0.25, 0.3) is 22.2 Å². The Morgan fingerprint density at radius 1 is 1.16 bits per heavy atom. The number of nitrogens with one attached hydrogen (secondary N) is 1. The predicted octanol–water partition coefficient (Wildman–Crippen LogP) is 4.69. The van der Waals surface area contributed by atoms with Crippen LogP contribution in [-0.2, 0) is 6.18 Å². The topological polar surface area (TPSA) is 102 Å². The Labute approximate surface area is 252 Å². The maximum absolute atomic E-state index is 16.6. The van der Waals surface area contributed by atoms with Gasteiger partial charge in [-0.25, -0.2) is 22.5 Å². The standard InChI is InChI=1S/C29H30F7N7O2/c1-11-19(29(34,35)36)15(6-16(37)20(11)30)22-21(31)23-18-25(41-27(40-23)44-9-14-7-28(32,33)10-42(14)3)43-8-13-4-5-17(38-13)24(43)12(2)45-26(18)39-22/h6,12-14,17,24,38H,4-5,7-10,37H2,1-3H3/t12-,13+,14-,17-,24+/m0/s1. The van der Waals surface area contributed by atoms with E-state index < -0.39 is 82.4 Å². The average Bonchev–Trinajstić information content (AvgIpc) is 3.42. The van der Waals surface area contributed by atoms with E-state index in [4.69, 9.17) is 15.2 Å². The number of benzene rings is 1. The second-order valence-corrected chi connectivity index (χ2v) is 12.4. The highest BCUT2D eigenvalue weighted by molar-refractivity contribution is 5.97. The number of hydrogen-bond donors (Lipinski definition) is 2. The number of likely N-dealkylation sites (tertiary alicyclic amines) is 1. The first-order valence-electron chi connectivity index (χ1n) is 14.6. The summed E-state index contributed by atoms with van der Waals surface area (Å²) in [6.45, 7) is 2.45. The molecule has 3 saturated heterocycles. The molecule has 0 radical (unpaired) electrons. The van der Waals surface area contributed by atoms with E-state index in [1.165, 1.54) is 11.9 Å². The fourth-order valence-electron chi connectivity index (χ4n) is 7.32. The number of piperazine rings is 1. The van der Waals surface area contributed by atoms with Gasteiger partial charge in [-0.2, -0.15) is 23.1 Å². The fraction of sp³-hybridized carbons (Fsp3) is 0.552. The zero-order valence-corrected chi connectivity index (χ0v) is 24.5. The van der Waals surface area contributed by atoms with E-state index in [2.05, 4.69) is 20.3 Å². The van der Waals surface area contributed by atoms with Crippen molar-refractivity contribution in [1.82, 2.24) is 25.2 Å². The number of likely N-dealkylation sites (N-methyl/N-ethyl adjacent to an activating group) is 1. The van der Waals surface area contributed by atoms with Gasteiger partial charge in [-0.3, -0.25) is 4.90 Å². The van der Waals surface area contributed by atoms with Gasteiger partial charge < -0.3 is 25.4 Å². The maximum atomic E-state index is 16.6. The van der Waals surface area contributed by atoms with Gasteiger partial charge in [0, 0.05) is 36.7 Å². The molecule has 16 heteroatoms. The largest absolute Gasteiger partial charge is 0.472 e. The molecule has 3 fully saturated rings. The van der Waals surface area contributed by atoms with Crippen LogP contribution >= 0.6 is 0 Å². The Kier molecular flexibility index (Phi) is 6.79. The van der Waals surface area contributed by atoms with Crippen molar-refractivity contribution in [2.75, 3.05) is 37.4 Å². The molecule has 0 saturated carbocycles. The highest BCUT2D eigenvalue weighted by Gasteiger charge is 2.48. The Hall–Kier alpha value is -3.66. The molecule has 2 aromatic heterocycles. The monoisotopic (exact) mass is 641 g/mol. The highest BCUT2D eigenvalue weighted by Crippen LogP contribution is 2.47. The van der Waals surface area contributed by atoms with Gasteiger partial charge in [0.1, 0.15) is 40.9 Å². The third kappa shape index (κ3) is 4.87. The van der Waals surface area contributed by atoms with Crippen LogP contribution in [0.2, 0.25) is 0 Å². The number of fused-ring (bicyclic) bond motifs is 5. The minimum atomic E-state index is -5.09. The smallest absolute Gasteiger partial charge is 0.417 e. The lowest BCUT2D eigenvalue weighted by Crippen LogP contribution is -2.62. The van der Waals surface area contributed by atoms with Crippen molar-refractivity contribution in [1.29, 1.82) is 0 Å². The van der Waals surface area contributed by atoms with Crippen LogP contribution in [0.15, 0.2) is 6.07 Å². The Morgan fingerprint density at radius 2 is 1.91 bits per heavy atom. The SMILES string of the molecule is Cc1c(F)c(N)cc(-c2nc3c4c(nc(OC[C@@H]5CC(F)(F)CN5C)nc4c2F)N2C[C@H]4CC[C@H](N4)[C@H]2[C@H](C)O3)c1C(F)(F)F. The number of aromatic nitrogens is 3. The van der Waals surface area contributed by atoms with E-state index in [1.807, 2.05) is 4.90 Å². The van der Waals surface area contributed by atoms with E-state index in [0.717, 1.165) is 19.8 Å².